The topological polar surface area (TPSA) is 50.2 Å². The molecule has 2 aliphatic rings. The van der Waals surface area contributed by atoms with Gasteiger partial charge in [-0.3, -0.25) is 4.98 Å². The van der Waals surface area contributed by atoms with Crippen LogP contribution in [0.15, 0.2) is 6.07 Å². The summed E-state index contributed by atoms with van der Waals surface area (Å²) >= 11 is 0. The lowest BCUT2D eigenvalue weighted by Crippen LogP contribution is -2.09. The van der Waals surface area contributed by atoms with E-state index in [2.05, 4.69) is 4.98 Å². The van der Waals surface area contributed by atoms with Crippen LogP contribution in [0, 0.1) is 0 Å². The number of rotatable bonds is 2. The van der Waals surface area contributed by atoms with Crippen LogP contribution < -0.4 is 0 Å². The first-order chi connectivity index (χ1) is 8.25. The first-order valence-corrected chi connectivity index (χ1v) is 6.51. The van der Waals surface area contributed by atoms with E-state index in [1.54, 1.807) is 0 Å². The number of hydrogen-bond donors (Lipinski definition) is 1. The van der Waals surface area contributed by atoms with Crippen LogP contribution in [0.3, 0.4) is 0 Å². The summed E-state index contributed by atoms with van der Waals surface area (Å²) in [6.07, 6.45) is 7.81. The Morgan fingerprint density at radius 3 is 2.71 bits per heavy atom. The molecule has 0 spiro atoms. The summed E-state index contributed by atoms with van der Waals surface area (Å²) in [5, 5.41) is 9.27. The molecular formula is C14H17NO2. The average molecular weight is 231 g/mol. The van der Waals surface area contributed by atoms with Crippen LogP contribution in [-0.4, -0.2) is 16.1 Å². The lowest BCUT2D eigenvalue weighted by molar-refractivity contribution is 0.0695. The van der Waals surface area contributed by atoms with Gasteiger partial charge in [-0.1, -0.05) is 6.42 Å². The molecule has 1 N–H and O–H groups in total. The van der Waals surface area contributed by atoms with E-state index in [0.29, 0.717) is 11.5 Å². The van der Waals surface area contributed by atoms with Crippen molar-refractivity contribution in [1.29, 1.82) is 0 Å². The number of carboxylic acid groups (broad SMARTS) is 1. The van der Waals surface area contributed by atoms with E-state index >= 15 is 0 Å². The summed E-state index contributed by atoms with van der Waals surface area (Å²) in [4.78, 5) is 16.0. The highest BCUT2D eigenvalue weighted by Gasteiger charge is 2.31. The van der Waals surface area contributed by atoms with Gasteiger partial charge in [-0.25, -0.2) is 4.79 Å². The molecule has 1 aromatic rings. The number of pyridine rings is 1. The fourth-order valence-electron chi connectivity index (χ4n) is 2.67. The van der Waals surface area contributed by atoms with Crippen LogP contribution in [0.2, 0.25) is 0 Å². The average Bonchev–Trinajstić information content (AvgIpc) is 3.14. The normalized spacial score (nSPS) is 19.5. The Hall–Kier alpha value is -1.38. The third-order valence-electron chi connectivity index (χ3n) is 3.77. The van der Waals surface area contributed by atoms with E-state index in [1.807, 2.05) is 6.07 Å². The highest BCUT2D eigenvalue weighted by atomic mass is 16.4. The number of fused-ring (bicyclic) bond motifs is 1. The van der Waals surface area contributed by atoms with Crippen molar-refractivity contribution in [3.8, 4) is 0 Å². The van der Waals surface area contributed by atoms with E-state index in [1.165, 1.54) is 18.4 Å². The number of carboxylic acids is 1. The molecule has 0 amide bonds. The molecule has 0 aliphatic heterocycles. The standard InChI is InChI=1S/C14H17NO2/c16-14(17)11-8-10-4-2-1-3-5-12(10)15-13(11)9-6-7-9/h8-9H,1-7H2,(H,16,17). The zero-order chi connectivity index (χ0) is 11.8. The second kappa shape index (κ2) is 4.13. The second-order valence-corrected chi connectivity index (χ2v) is 5.17. The number of aromatic nitrogens is 1. The summed E-state index contributed by atoms with van der Waals surface area (Å²) in [6, 6.07) is 1.89. The van der Waals surface area contributed by atoms with Gasteiger partial charge < -0.3 is 5.11 Å². The second-order valence-electron chi connectivity index (χ2n) is 5.17. The predicted octanol–water partition coefficient (Wildman–Crippen LogP) is 2.93. The lowest BCUT2D eigenvalue weighted by atomic mass is 10.0. The van der Waals surface area contributed by atoms with Gasteiger partial charge in [-0.15, -0.1) is 0 Å². The third-order valence-corrected chi connectivity index (χ3v) is 3.77. The van der Waals surface area contributed by atoms with Gasteiger partial charge in [0.1, 0.15) is 0 Å². The van der Waals surface area contributed by atoms with Gasteiger partial charge >= 0.3 is 5.97 Å². The minimum Gasteiger partial charge on any atom is -0.478 e. The summed E-state index contributed by atoms with van der Waals surface area (Å²) < 4.78 is 0. The molecule has 0 bridgehead atoms. The van der Waals surface area contributed by atoms with Crippen LogP contribution >= 0.6 is 0 Å². The largest absolute Gasteiger partial charge is 0.478 e. The van der Waals surface area contributed by atoms with Gasteiger partial charge in [0.25, 0.3) is 0 Å². The van der Waals surface area contributed by atoms with Crippen molar-refractivity contribution in [2.75, 3.05) is 0 Å². The van der Waals surface area contributed by atoms with Crippen molar-refractivity contribution in [3.63, 3.8) is 0 Å². The van der Waals surface area contributed by atoms with Crippen molar-refractivity contribution < 1.29 is 9.90 Å². The first kappa shape index (κ1) is 10.8. The Morgan fingerprint density at radius 1 is 1.24 bits per heavy atom. The molecule has 3 heteroatoms. The van der Waals surface area contributed by atoms with Crippen LogP contribution in [0.1, 0.15) is 65.3 Å². The van der Waals surface area contributed by atoms with E-state index in [-0.39, 0.29) is 0 Å². The summed E-state index contributed by atoms with van der Waals surface area (Å²) in [5.41, 5.74) is 3.63. The molecule has 0 radical (unpaired) electrons. The van der Waals surface area contributed by atoms with Gasteiger partial charge in [-0.05, 0) is 50.2 Å². The molecule has 0 atom stereocenters. The monoisotopic (exact) mass is 231 g/mol. The van der Waals surface area contributed by atoms with Crippen molar-refractivity contribution in [2.45, 2.75) is 50.9 Å². The molecule has 1 heterocycles. The fourth-order valence-corrected chi connectivity index (χ4v) is 2.67. The summed E-state index contributed by atoms with van der Waals surface area (Å²) in [7, 11) is 0. The van der Waals surface area contributed by atoms with Crippen LogP contribution in [0.5, 0.6) is 0 Å². The maximum atomic E-state index is 11.3. The molecule has 2 aliphatic carbocycles. The highest BCUT2D eigenvalue weighted by Crippen LogP contribution is 2.41. The maximum absolute atomic E-state index is 11.3. The van der Waals surface area contributed by atoms with Crippen molar-refractivity contribution >= 4 is 5.97 Å². The van der Waals surface area contributed by atoms with Gasteiger partial charge in [-0.2, -0.15) is 0 Å². The smallest absolute Gasteiger partial charge is 0.337 e. The molecule has 3 nitrogen and oxygen atoms in total. The van der Waals surface area contributed by atoms with E-state index in [0.717, 1.165) is 43.5 Å². The number of aryl methyl sites for hydroxylation is 2. The Kier molecular flexibility index (Phi) is 2.61. The SMILES string of the molecule is O=C(O)c1cc2c(nc1C1CC1)CCCCC2. The van der Waals surface area contributed by atoms with E-state index in [4.69, 9.17) is 0 Å². The molecule has 1 fully saturated rings. The quantitative estimate of drug-likeness (QED) is 0.796. The summed E-state index contributed by atoms with van der Waals surface area (Å²) in [6.45, 7) is 0. The minimum absolute atomic E-state index is 0.412. The Bertz CT molecular complexity index is 464. The number of aromatic carboxylic acids is 1. The molecule has 0 aromatic carbocycles. The zero-order valence-corrected chi connectivity index (χ0v) is 9.91. The molecule has 90 valence electrons. The van der Waals surface area contributed by atoms with Gasteiger partial charge in [0, 0.05) is 11.6 Å². The molecular weight excluding hydrogens is 214 g/mol. The summed E-state index contributed by atoms with van der Waals surface area (Å²) in [5.74, 6) is -0.402. The zero-order valence-electron chi connectivity index (χ0n) is 9.91. The Labute approximate surface area is 101 Å². The molecule has 0 saturated heterocycles. The Balaban J connectivity index is 2.08. The van der Waals surface area contributed by atoms with Crippen LogP contribution in [0.4, 0.5) is 0 Å². The molecule has 1 aromatic heterocycles. The van der Waals surface area contributed by atoms with Crippen molar-refractivity contribution in [1.82, 2.24) is 4.98 Å². The fraction of sp³-hybridized carbons (Fsp3) is 0.571. The van der Waals surface area contributed by atoms with E-state index < -0.39 is 5.97 Å². The number of carbonyl (C=O) groups is 1. The van der Waals surface area contributed by atoms with Crippen molar-refractivity contribution in [2.24, 2.45) is 0 Å². The lowest BCUT2D eigenvalue weighted by Gasteiger charge is -2.10. The van der Waals surface area contributed by atoms with Crippen LogP contribution in [-0.2, 0) is 12.8 Å². The predicted molar refractivity (Wildman–Crippen MR) is 64.4 cm³/mol. The molecule has 17 heavy (non-hydrogen) atoms. The van der Waals surface area contributed by atoms with Gasteiger partial charge in [0.05, 0.1) is 11.3 Å². The molecule has 3 rings (SSSR count). The van der Waals surface area contributed by atoms with Crippen LogP contribution in [0.25, 0.3) is 0 Å². The number of hydrogen-bond acceptors (Lipinski definition) is 2. The highest BCUT2D eigenvalue weighted by molar-refractivity contribution is 5.89. The van der Waals surface area contributed by atoms with E-state index in [9.17, 15) is 9.90 Å². The minimum atomic E-state index is -0.813. The first-order valence-electron chi connectivity index (χ1n) is 6.51. The molecule has 0 unspecified atom stereocenters. The Morgan fingerprint density at radius 2 is 2.00 bits per heavy atom. The van der Waals surface area contributed by atoms with Gasteiger partial charge in [0.2, 0.25) is 0 Å². The van der Waals surface area contributed by atoms with Gasteiger partial charge in [0.15, 0.2) is 0 Å². The third kappa shape index (κ3) is 2.06. The maximum Gasteiger partial charge on any atom is 0.337 e. The molecule has 1 saturated carbocycles. The number of nitrogens with zero attached hydrogens (tertiary/aromatic N) is 1. The van der Waals surface area contributed by atoms with Crippen molar-refractivity contribution in [3.05, 3.63) is 28.6 Å².